The molecule has 0 atom stereocenters. The van der Waals surface area contributed by atoms with Gasteiger partial charge in [0.25, 0.3) is 0 Å². The molecular formula is C29H40ClN7O2. The molecule has 2 aliphatic heterocycles. The van der Waals surface area contributed by atoms with Crippen molar-refractivity contribution >= 4 is 46.5 Å². The van der Waals surface area contributed by atoms with Crippen molar-refractivity contribution in [2.24, 2.45) is 5.41 Å². The lowest BCUT2D eigenvalue weighted by molar-refractivity contribution is -0.134. The van der Waals surface area contributed by atoms with Gasteiger partial charge in [-0.15, -0.1) is 12.4 Å². The number of hydrogen-bond donors (Lipinski definition) is 2. The molecule has 1 amide bonds. The molecule has 3 aromatic rings. The maximum atomic E-state index is 12.6. The minimum absolute atomic E-state index is 0. The predicted molar refractivity (Wildman–Crippen MR) is 158 cm³/mol. The average Bonchev–Trinajstić information content (AvgIpc) is 2.90. The number of aryl methyl sites for hydroxylation is 1. The summed E-state index contributed by atoms with van der Waals surface area (Å²) < 4.78 is 6.36. The monoisotopic (exact) mass is 553 g/mol. The van der Waals surface area contributed by atoms with Gasteiger partial charge in [-0.2, -0.15) is 0 Å². The smallest absolute Gasteiger partial charge is 0.223 e. The number of carbonyl (C=O) groups excluding carboxylic acids is 1. The number of rotatable bonds is 6. The third-order valence-electron chi connectivity index (χ3n) is 7.16. The fourth-order valence-electron chi connectivity index (χ4n) is 5.08. The lowest BCUT2D eigenvalue weighted by Crippen LogP contribution is -2.43. The number of aromatic nitrogens is 3. The second-order valence-corrected chi connectivity index (χ2v) is 11.6. The minimum Gasteiger partial charge on any atom is -0.490 e. The first-order chi connectivity index (χ1) is 18.2. The Kier molecular flexibility index (Phi) is 9.12. The van der Waals surface area contributed by atoms with Crippen LogP contribution in [0.5, 0.6) is 5.75 Å². The van der Waals surface area contributed by atoms with Gasteiger partial charge >= 0.3 is 0 Å². The van der Waals surface area contributed by atoms with Gasteiger partial charge < -0.3 is 25.2 Å². The van der Waals surface area contributed by atoms with Gasteiger partial charge in [-0.3, -0.25) is 4.79 Å². The molecule has 0 aliphatic carbocycles. The van der Waals surface area contributed by atoms with Gasteiger partial charge in [0, 0.05) is 69.6 Å². The molecule has 2 aromatic heterocycles. The number of benzene rings is 1. The second kappa shape index (κ2) is 12.3. The summed E-state index contributed by atoms with van der Waals surface area (Å²) in [4.78, 5) is 30.4. The van der Waals surface area contributed by atoms with Gasteiger partial charge in [0.05, 0.1) is 11.7 Å². The first-order valence-corrected chi connectivity index (χ1v) is 13.6. The third-order valence-corrected chi connectivity index (χ3v) is 7.16. The van der Waals surface area contributed by atoms with E-state index >= 15 is 0 Å². The molecule has 0 radical (unpaired) electrons. The Morgan fingerprint density at radius 3 is 2.51 bits per heavy atom. The van der Waals surface area contributed by atoms with Gasteiger partial charge in [-0.1, -0.05) is 20.8 Å². The molecule has 2 saturated heterocycles. The molecule has 10 heteroatoms. The zero-order chi connectivity index (χ0) is 26.7. The lowest BCUT2D eigenvalue weighted by Gasteiger charge is -2.34. The van der Waals surface area contributed by atoms with E-state index < -0.39 is 0 Å². The van der Waals surface area contributed by atoms with E-state index in [4.69, 9.17) is 4.74 Å². The van der Waals surface area contributed by atoms with E-state index in [1.54, 1.807) is 6.33 Å². The number of amides is 1. The molecule has 9 nitrogen and oxygen atoms in total. The quantitative estimate of drug-likeness (QED) is 0.453. The van der Waals surface area contributed by atoms with Crippen molar-refractivity contribution in [1.29, 1.82) is 0 Å². The molecule has 0 spiro atoms. The molecule has 0 bridgehead atoms. The van der Waals surface area contributed by atoms with Crippen LogP contribution in [0.1, 0.15) is 45.6 Å². The number of halogens is 1. The number of ether oxygens (including phenoxy) is 1. The summed E-state index contributed by atoms with van der Waals surface area (Å²) in [5.74, 6) is 2.83. The Labute approximate surface area is 237 Å². The highest BCUT2D eigenvalue weighted by atomic mass is 35.5. The normalized spacial score (nSPS) is 16.6. The largest absolute Gasteiger partial charge is 0.490 e. The van der Waals surface area contributed by atoms with E-state index in [9.17, 15) is 4.79 Å². The highest BCUT2D eigenvalue weighted by molar-refractivity contribution is 5.92. The molecule has 210 valence electrons. The van der Waals surface area contributed by atoms with E-state index in [0.29, 0.717) is 6.42 Å². The lowest BCUT2D eigenvalue weighted by atomic mass is 9.91. The van der Waals surface area contributed by atoms with Crippen LogP contribution in [0.2, 0.25) is 0 Å². The molecule has 4 heterocycles. The summed E-state index contributed by atoms with van der Waals surface area (Å²) in [6, 6.07) is 8.21. The summed E-state index contributed by atoms with van der Waals surface area (Å²) >= 11 is 0. The Morgan fingerprint density at radius 1 is 1.08 bits per heavy atom. The van der Waals surface area contributed by atoms with Crippen LogP contribution >= 0.6 is 12.4 Å². The molecular weight excluding hydrogens is 514 g/mol. The van der Waals surface area contributed by atoms with Crippen LogP contribution in [0.3, 0.4) is 0 Å². The Bertz CT molecular complexity index is 1280. The number of pyridine rings is 1. The van der Waals surface area contributed by atoms with Crippen LogP contribution in [0.15, 0.2) is 36.8 Å². The molecule has 0 saturated carbocycles. The van der Waals surface area contributed by atoms with Crippen LogP contribution in [-0.2, 0) is 4.79 Å². The van der Waals surface area contributed by atoms with E-state index in [-0.39, 0.29) is 29.8 Å². The fourth-order valence-corrected chi connectivity index (χ4v) is 5.08. The van der Waals surface area contributed by atoms with Crippen molar-refractivity contribution < 1.29 is 9.53 Å². The van der Waals surface area contributed by atoms with E-state index in [0.717, 1.165) is 91.6 Å². The highest BCUT2D eigenvalue weighted by Gasteiger charge is 2.27. The van der Waals surface area contributed by atoms with E-state index in [1.165, 1.54) is 0 Å². The summed E-state index contributed by atoms with van der Waals surface area (Å²) in [6.07, 6.45) is 5.80. The van der Waals surface area contributed by atoms with Gasteiger partial charge in [-0.05, 0) is 42.2 Å². The SMILES string of the molecule is Cc1cc(Nc2ncnc3cnc(N4CCNCC4)cc23)ccc1OC1CCN(C(=O)CC(C)(C)C)CC1.Cl. The number of nitrogens with one attached hydrogen (secondary N) is 2. The fraction of sp³-hybridized carbons (Fsp3) is 0.517. The zero-order valence-corrected chi connectivity index (χ0v) is 24.2. The van der Waals surface area contributed by atoms with Crippen molar-refractivity contribution in [3.8, 4) is 5.75 Å². The number of hydrogen-bond acceptors (Lipinski definition) is 8. The van der Waals surface area contributed by atoms with Crippen molar-refractivity contribution in [3.63, 3.8) is 0 Å². The van der Waals surface area contributed by atoms with Crippen LogP contribution < -0.4 is 20.3 Å². The van der Waals surface area contributed by atoms with E-state index in [1.807, 2.05) is 23.2 Å². The van der Waals surface area contributed by atoms with Gasteiger partial charge in [-0.25, -0.2) is 15.0 Å². The number of piperazine rings is 1. The molecule has 1 aromatic carbocycles. The van der Waals surface area contributed by atoms with E-state index in [2.05, 4.69) is 70.3 Å². The number of nitrogens with zero attached hydrogens (tertiary/aromatic N) is 5. The van der Waals surface area contributed by atoms with Crippen LogP contribution in [0.25, 0.3) is 10.9 Å². The minimum atomic E-state index is 0. The van der Waals surface area contributed by atoms with Crippen LogP contribution in [0, 0.1) is 12.3 Å². The zero-order valence-electron chi connectivity index (χ0n) is 23.4. The first kappa shape index (κ1) is 28.8. The van der Waals surface area contributed by atoms with Crippen LogP contribution in [0.4, 0.5) is 17.3 Å². The third kappa shape index (κ3) is 7.28. The Morgan fingerprint density at radius 2 is 1.82 bits per heavy atom. The maximum absolute atomic E-state index is 12.6. The molecule has 0 unspecified atom stereocenters. The maximum Gasteiger partial charge on any atom is 0.223 e. The molecule has 2 aliphatic rings. The van der Waals surface area contributed by atoms with Crippen molar-refractivity contribution in [1.82, 2.24) is 25.2 Å². The molecule has 39 heavy (non-hydrogen) atoms. The standard InChI is InChI=1S/C29H39N7O2.ClH/c1-20-15-21(5-6-25(20)38-22-7-11-36(12-8-22)27(37)17-29(2,3)4)34-28-23-16-26(35-13-9-30-10-14-35)31-18-24(23)32-19-33-28;/h5-6,15-16,18-19,22,30H,7-14,17H2,1-4H3,(H,32,33,34);1H. The topological polar surface area (TPSA) is 95.5 Å². The van der Waals surface area contributed by atoms with Crippen molar-refractivity contribution in [2.75, 3.05) is 49.5 Å². The van der Waals surface area contributed by atoms with Crippen LogP contribution in [-0.4, -0.2) is 71.1 Å². The summed E-state index contributed by atoms with van der Waals surface area (Å²) in [5.41, 5.74) is 2.82. The van der Waals surface area contributed by atoms with Crippen molar-refractivity contribution in [3.05, 3.63) is 42.4 Å². The Hall–Kier alpha value is -3.17. The molecule has 2 N–H and O–H groups in total. The summed E-state index contributed by atoms with van der Waals surface area (Å²) in [7, 11) is 0. The number of likely N-dealkylation sites (tertiary alicyclic amines) is 1. The second-order valence-electron chi connectivity index (χ2n) is 11.6. The average molecular weight is 554 g/mol. The summed E-state index contributed by atoms with van der Waals surface area (Å²) in [5, 5.41) is 7.80. The predicted octanol–water partition coefficient (Wildman–Crippen LogP) is 4.71. The van der Waals surface area contributed by atoms with Gasteiger partial charge in [0.1, 0.15) is 29.8 Å². The number of anilines is 3. The Balaban J connectivity index is 0.00000353. The van der Waals surface area contributed by atoms with Crippen molar-refractivity contribution in [2.45, 2.75) is 53.1 Å². The number of piperidine rings is 1. The first-order valence-electron chi connectivity index (χ1n) is 13.6. The summed E-state index contributed by atoms with van der Waals surface area (Å²) in [6.45, 7) is 13.7. The number of fused-ring (bicyclic) bond motifs is 1. The van der Waals surface area contributed by atoms with Gasteiger partial charge in [0.15, 0.2) is 0 Å². The van der Waals surface area contributed by atoms with Gasteiger partial charge in [0.2, 0.25) is 5.91 Å². The molecule has 5 rings (SSSR count). The number of carbonyl (C=O) groups is 1. The highest BCUT2D eigenvalue weighted by Crippen LogP contribution is 2.30. The molecule has 2 fully saturated rings.